The van der Waals surface area contributed by atoms with Crippen LogP contribution in [0, 0.1) is 13.8 Å². The molecule has 0 aliphatic rings. The SMILES string of the molecule is Cc1ccc(-c2nc3c(C)n[nH]c(=O)c3[nH]2)cc1. The number of hydrogen-bond donors (Lipinski definition) is 2. The minimum atomic E-state index is -0.249. The number of rotatable bonds is 1. The maximum absolute atomic E-state index is 11.6. The minimum absolute atomic E-state index is 0.249. The maximum Gasteiger partial charge on any atom is 0.290 e. The van der Waals surface area contributed by atoms with Gasteiger partial charge in [0.2, 0.25) is 0 Å². The predicted molar refractivity (Wildman–Crippen MR) is 69.4 cm³/mol. The number of aromatic nitrogens is 4. The van der Waals surface area contributed by atoms with E-state index in [1.165, 1.54) is 5.56 Å². The van der Waals surface area contributed by atoms with Crippen LogP contribution in [-0.2, 0) is 0 Å². The summed E-state index contributed by atoms with van der Waals surface area (Å²) in [6, 6.07) is 7.98. The van der Waals surface area contributed by atoms with Gasteiger partial charge < -0.3 is 4.98 Å². The summed E-state index contributed by atoms with van der Waals surface area (Å²) in [6.45, 7) is 3.85. The molecule has 2 N–H and O–H groups in total. The zero-order chi connectivity index (χ0) is 12.7. The zero-order valence-electron chi connectivity index (χ0n) is 10.1. The molecule has 0 aliphatic heterocycles. The number of hydrogen-bond acceptors (Lipinski definition) is 3. The second-order valence-electron chi connectivity index (χ2n) is 4.31. The van der Waals surface area contributed by atoms with Gasteiger partial charge in [0, 0.05) is 5.56 Å². The number of aromatic amines is 2. The molecular weight excluding hydrogens is 228 g/mol. The van der Waals surface area contributed by atoms with Crippen molar-refractivity contribution in [2.24, 2.45) is 0 Å². The molecule has 2 aromatic heterocycles. The molecule has 0 saturated carbocycles. The molecule has 3 aromatic rings. The number of imidazole rings is 1. The fourth-order valence-corrected chi connectivity index (χ4v) is 1.89. The predicted octanol–water partition coefficient (Wildman–Crippen LogP) is 1.93. The van der Waals surface area contributed by atoms with Crippen molar-refractivity contribution in [3.63, 3.8) is 0 Å². The van der Waals surface area contributed by atoms with Crippen molar-refractivity contribution in [1.29, 1.82) is 0 Å². The van der Waals surface area contributed by atoms with Crippen LogP contribution in [0.15, 0.2) is 29.1 Å². The molecule has 0 unspecified atom stereocenters. The minimum Gasteiger partial charge on any atom is -0.333 e. The molecule has 90 valence electrons. The van der Waals surface area contributed by atoms with Crippen molar-refractivity contribution < 1.29 is 0 Å². The first-order valence-electron chi connectivity index (χ1n) is 5.67. The van der Waals surface area contributed by atoms with Crippen LogP contribution in [-0.4, -0.2) is 20.2 Å². The van der Waals surface area contributed by atoms with Crippen LogP contribution in [0.5, 0.6) is 0 Å². The normalized spacial score (nSPS) is 11.0. The van der Waals surface area contributed by atoms with Gasteiger partial charge in [0.1, 0.15) is 16.9 Å². The molecule has 18 heavy (non-hydrogen) atoms. The molecule has 5 nitrogen and oxygen atoms in total. The smallest absolute Gasteiger partial charge is 0.290 e. The second kappa shape index (κ2) is 3.80. The number of nitrogens with one attached hydrogen (secondary N) is 2. The molecule has 0 fully saturated rings. The van der Waals surface area contributed by atoms with Crippen LogP contribution < -0.4 is 5.56 Å². The maximum atomic E-state index is 11.6. The molecule has 1 aromatic carbocycles. The molecular formula is C13H12N4O. The van der Waals surface area contributed by atoms with Crippen LogP contribution in [0.25, 0.3) is 22.4 Å². The Bertz CT molecular complexity index is 768. The van der Waals surface area contributed by atoms with E-state index >= 15 is 0 Å². The summed E-state index contributed by atoms with van der Waals surface area (Å²) in [5.41, 5.74) is 3.69. The fourth-order valence-electron chi connectivity index (χ4n) is 1.89. The molecule has 0 atom stereocenters. The lowest BCUT2D eigenvalue weighted by Gasteiger charge is -1.96. The Morgan fingerprint density at radius 3 is 2.50 bits per heavy atom. The van der Waals surface area contributed by atoms with Crippen molar-refractivity contribution in [1.82, 2.24) is 20.2 Å². The molecule has 5 heteroatoms. The third kappa shape index (κ3) is 1.60. The van der Waals surface area contributed by atoms with E-state index in [0.29, 0.717) is 22.6 Å². The molecule has 0 radical (unpaired) electrons. The van der Waals surface area contributed by atoms with Crippen molar-refractivity contribution in [2.75, 3.05) is 0 Å². The van der Waals surface area contributed by atoms with Gasteiger partial charge in [0.15, 0.2) is 0 Å². The number of nitrogens with zero attached hydrogens (tertiary/aromatic N) is 2. The summed E-state index contributed by atoms with van der Waals surface area (Å²) < 4.78 is 0. The Morgan fingerprint density at radius 1 is 1.11 bits per heavy atom. The highest BCUT2D eigenvalue weighted by molar-refractivity contribution is 5.80. The summed E-state index contributed by atoms with van der Waals surface area (Å²) in [6.07, 6.45) is 0. The van der Waals surface area contributed by atoms with E-state index in [-0.39, 0.29) is 5.56 Å². The summed E-state index contributed by atoms with van der Waals surface area (Å²) in [7, 11) is 0. The molecule has 2 heterocycles. The van der Waals surface area contributed by atoms with Crippen molar-refractivity contribution in [3.8, 4) is 11.4 Å². The van der Waals surface area contributed by atoms with Gasteiger partial charge in [-0.05, 0) is 13.8 Å². The first-order chi connectivity index (χ1) is 8.65. The van der Waals surface area contributed by atoms with Crippen molar-refractivity contribution >= 4 is 11.0 Å². The summed E-state index contributed by atoms with van der Waals surface area (Å²) in [4.78, 5) is 19.1. The van der Waals surface area contributed by atoms with Gasteiger partial charge in [-0.15, -0.1) is 0 Å². The van der Waals surface area contributed by atoms with Gasteiger partial charge in [0.25, 0.3) is 5.56 Å². The summed E-state index contributed by atoms with van der Waals surface area (Å²) in [5, 5.41) is 6.35. The lowest BCUT2D eigenvalue weighted by Crippen LogP contribution is -2.09. The molecule has 0 spiro atoms. The zero-order valence-corrected chi connectivity index (χ0v) is 10.1. The fraction of sp³-hybridized carbons (Fsp3) is 0.154. The second-order valence-corrected chi connectivity index (χ2v) is 4.31. The first kappa shape index (κ1) is 10.7. The lowest BCUT2D eigenvalue weighted by atomic mass is 10.1. The highest BCUT2D eigenvalue weighted by Crippen LogP contribution is 2.19. The Kier molecular flexibility index (Phi) is 2.26. The Labute approximate surface area is 103 Å². The monoisotopic (exact) mass is 240 g/mol. The number of aryl methyl sites for hydroxylation is 2. The number of fused-ring (bicyclic) bond motifs is 1. The quantitative estimate of drug-likeness (QED) is 0.682. The van der Waals surface area contributed by atoms with Crippen LogP contribution >= 0.6 is 0 Å². The van der Waals surface area contributed by atoms with E-state index in [1.807, 2.05) is 38.1 Å². The third-order valence-electron chi connectivity index (χ3n) is 2.92. The Hall–Kier alpha value is -2.43. The summed E-state index contributed by atoms with van der Waals surface area (Å²) in [5.74, 6) is 0.687. The van der Waals surface area contributed by atoms with E-state index in [9.17, 15) is 4.79 Å². The Balaban J connectivity index is 2.25. The first-order valence-corrected chi connectivity index (χ1v) is 5.67. The molecule has 3 rings (SSSR count). The van der Waals surface area contributed by atoms with Gasteiger partial charge in [-0.1, -0.05) is 29.8 Å². The van der Waals surface area contributed by atoms with E-state index < -0.39 is 0 Å². The van der Waals surface area contributed by atoms with Gasteiger partial charge in [-0.3, -0.25) is 4.79 Å². The topological polar surface area (TPSA) is 74.4 Å². The van der Waals surface area contributed by atoms with Crippen molar-refractivity contribution in [2.45, 2.75) is 13.8 Å². The highest BCUT2D eigenvalue weighted by atomic mass is 16.1. The van der Waals surface area contributed by atoms with E-state index in [1.54, 1.807) is 0 Å². The largest absolute Gasteiger partial charge is 0.333 e. The molecule has 0 saturated heterocycles. The number of benzene rings is 1. The van der Waals surface area contributed by atoms with Crippen LogP contribution in [0.2, 0.25) is 0 Å². The van der Waals surface area contributed by atoms with Gasteiger partial charge in [-0.2, -0.15) is 5.10 Å². The molecule has 0 amide bonds. The number of H-pyrrole nitrogens is 2. The standard InChI is InChI=1S/C13H12N4O/c1-7-3-5-9(6-4-7)12-14-10-8(2)16-17-13(18)11(10)15-12/h3-6H,1-2H3,(H,14,15)(H,17,18). The molecule has 0 aliphatic carbocycles. The highest BCUT2D eigenvalue weighted by Gasteiger charge is 2.10. The average Bonchev–Trinajstić information content (AvgIpc) is 2.81. The lowest BCUT2D eigenvalue weighted by molar-refractivity contribution is 0.965. The average molecular weight is 240 g/mol. The summed E-state index contributed by atoms with van der Waals surface area (Å²) >= 11 is 0. The van der Waals surface area contributed by atoms with Gasteiger partial charge in [0.05, 0.1) is 5.69 Å². The molecule has 0 bridgehead atoms. The Morgan fingerprint density at radius 2 is 1.83 bits per heavy atom. The van der Waals surface area contributed by atoms with Crippen molar-refractivity contribution in [3.05, 3.63) is 45.9 Å². The van der Waals surface area contributed by atoms with Crippen LogP contribution in [0.3, 0.4) is 0 Å². The van der Waals surface area contributed by atoms with E-state index in [2.05, 4.69) is 20.2 Å². The van der Waals surface area contributed by atoms with Gasteiger partial charge >= 0.3 is 0 Å². The van der Waals surface area contributed by atoms with Crippen LogP contribution in [0.1, 0.15) is 11.3 Å². The van der Waals surface area contributed by atoms with Crippen LogP contribution in [0.4, 0.5) is 0 Å². The van der Waals surface area contributed by atoms with E-state index in [0.717, 1.165) is 5.56 Å². The third-order valence-corrected chi connectivity index (χ3v) is 2.92. The van der Waals surface area contributed by atoms with E-state index in [4.69, 9.17) is 0 Å². The van der Waals surface area contributed by atoms with Gasteiger partial charge in [-0.25, -0.2) is 10.1 Å².